The minimum absolute atomic E-state index is 0.131. The zero-order valence-corrected chi connectivity index (χ0v) is 29.3. The normalized spacial score (nSPS) is 20.7. The lowest BCUT2D eigenvalue weighted by atomic mass is 9.81. The van der Waals surface area contributed by atoms with Gasteiger partial charge in [-0.3, -0.25) is 9.69 Å². The van der Waals surface area contributed by atoms with E-state index in [1.54, 1.807) is 23.0 Å². The summed E-state index contributed by atoms with van der Waals surface area (Å²) in [6.07, 6.45) is 9.01. The summed E-state index contributed by atoms with van der Waals surface area (Å²) in [6.45, 7) is 8.10. The number of nitrogen functional groups attached to an aromatic ring is 1. The molecule has 258 valence electrons. The van der Waals surface area contributed by atoms with Crippen LogP contribution in [0.3, 0.4) is 0 Å². The molecule has 4 aromatic heterocycles. The molecular formula is C35H43N9O4S. The van der Waals surface area contributed by atoms with Gasteiger partial charge in [-0.25, -0.2) is 9.67 Å². The molecule has 7 rings (SSSR count). The molecule has 0 radical (unpaired) electrons. The Balaban J connectivity index is 1.29. The molecule has 6 heterocycles. The number of nitriles is 1. The van der Waals surface area contributed by atoms with Gasteiger partial charge in [0.2, 0.25) is 5.88 Å². The molecule has 4 aromatic rings. The predicted molar refractivity (Wildman–Crippen MR) is 184 cm³/mol. The monoisotopic (exact) mass is 685 g/mol. The fourth-order valence-corrected chi connectivity index (χ4v) is 8.43. The lowest BCUT2D eigenvalue weighted by molar-refractivity contribution is -0.0594. The number of likely N-dealkylation sites (tertiary alicyclic amines) is 1. The largest absolute Gasteiger partial charge is 0.473 e. The van der Waals surface area contributed by atoms with E-state index in [1.807, 2.05) is 6.92 Å². The van der Waals surface area contributed by atoms with Gasteiger partial charge in [-0.05, 0) is 84.0 Å². The van der Waals surface area contributed by atoms with E-state index in [0.717, 1.165) is 73.3 Å². The van der Waals surface area contributed by atoms with E-state index >= 15 is 0 Å². The van der Waals surface area contributed by atoms with Gasteiger partial charge in [-0.1, -0.05) is 18.5 Å². The molecule has 2 aliphatic heterocycles. The molecule has 1 aliphatic carbocycles. The molecule has 13 nitrogen and oxygen atoms in total. The van der Waals surface area contributed by atoms with E-state index in [2.05, 4.69) is 47.4 Å². The van der Waals surface area contributed by atoms with Gasteiger partial charge < -0.3 is 25.0 Å². The zero-order valence-electron chi connectivity index (χ0n) is 28.5. The van der Waals surface area contributed by atoms with Crippen molar-refractivity contribution in [3.05, 3.63) is 51.4 Å². The summed E-state index contributed by atoms with van der Waals surface area (Å²) >= 11 is 1.50. The highest BCUT2D eigenvalue weighted by atomic mass is 32.1. The van der Waals surface area contributed by atoms with Crippen LogP contribution in [0.15, 0.2) is 22.9 Å². The SMILES string of the molecule is CCCCc1c(-c2nc(O[C@@H](C)[C@@H]3CCCN3C)cc(-n3ccc(C(=O)NC4(C)COC4)n3)n2)noc1[C@H]1CCCc2sc(N)c(C#N)c21. The number of carbonyl (C=O) groups is 1. The number of nitrogens with zero attached hydrogens (tertiary/aromatic N) is 7. The first-order valence-corrected chi connectivity index (χ1v) is 18.0. The molecule has 2 saturated heterocycles. The number of anilines is 1. The number of rotatable bonds is 11. The Kier molecular flexibility index (Phi) is 9.17. The van der Waals surface area contributed by atoms with Crippen molar-refractivity contribution >= 4 is 22.2 Å². The van der Waals surface area contributed by atoms with Crippen LogP contribution in [-0.2, 0) is 17.6 Å². The highest BCUT2D eigenvalue weighted by Gasteiger charge is 2.37. The Labute approximate surface area is 289 Å². The lowest BCUT2D eigenvalue weighted by Crippen LogP contribution is -2.59. The van der Waals surface area contributed by atoms with Gasteiger partial charge in [0.1, 0.15) is 22.9 Å². The van der Waals surface area contributed by atoms with E-state index in [1.165, 1.54) is 11.3 Å². The van der Waals surface area contributed by atoms with Crippen LogP contribution in [0.4, 0.5) is 5.00 Å². The van der Waals surface area contributed by atoms with Crippen LogP contribution in [0.2, 0.25) is 0 Å². The second kappa shape index (κ2) is 13.5. The van der Waals surface area contributed by atoms with Crippen LogP contribution < -0.4 is 15.8 Å². The Morgan fingerprint density at radius 1 is 1.31 bits per heavy atom. The number of likely N-dealkylation sites (N-methyl/N-ethyl adjacent to an activating group) is 1. The number of aryl methyl sites for hydroxylation is 1. The lowest BCUT2D eigenvalue weighted by Gasteiger charge is -2.38. The maximum atomic E-state index is 13.1. The Morgan fingerprint density at radius 3 is 2.86 bits per heavy atom. The van der Waals surface area contributed by atoms with Crippen LogP contribution in [0.25, 0.3) is 17.3 Å². The van der Waals surface area contributed by atoms with E-state index in [9.17, 15) is 10.1 Å². The molecule has 3 atom stereocenters. The van der Waals surface area contributed by atoms with Gasteiger partial charge in [-0.15, -0.1) is 11.3 Å². The van der Waals surface area contributed by atoms with Crippen molar-refractivity contribution in [1.29, 1.82) is 5.26 Å². The van der Waals surface area contributed by atoms with Gasteiger partial charge in [0.05, 0.1) is 24.3 Å². The van der Waals surface area contributed by atoms with Crippen molar-refractivity contribution in [3.63, 3.8) is 0 Å². The van der Waals surface area contributed by atoms with Gasteiger partial charge in [0, 0.05) is 34.7 Å². The van der Waals surface area contributed by atoms with Crippen molar-refractivity contribution in [3.8, 4) is 29.3 Å². The van der Waals surface area contributed by atoms with Gasteiger partial charge in [0.15, 0.2) is 23.0 Å². The topological polar surface area (TPSA) is 170 Å². The second-order valence-corrected chi connectivity index (χ2v) is 14.9. The summed E-state index contributed by atoms with van der Waals surface area (Å²) < 4.78 is 19.6. The average Bonchev–Trinajstić information content (AvgIpc) is 3.88. The maximum Gasteiger partial charge on any atom is 0.272 e. The van der Waals surface area contributed by atoms with Gasteiger partial charge >= 0.3 is 0 Å². The molecule has 3 aliphatic rings. The molecule has 14 heteroatoms. The quantitative estimate of drug-likeness (QED) is 0.217. The van der Waals surface area contributed by atoms with Crippen molar-refractivity contribution in [1.82, 2.24) is 35.1 Å². The highest BCUT2D eigenvalue weighted by molar-refractivity contribution is 7.16. The Morgan fingerprint density at radius 2 is 2.14 bits per heavy atom. The third-order valence-corrected chi connectivity index (χ3v) is 11.1. The van der Waals surface area contributed by atoms with Gasteiger partial charge in [0.25, 0.3) is 5.91 Å². The maximum absolute atomic E-state index is 13.1. The average molecular weight is 686 g/mol. The summed E-state index contributed by atoms with van der Waals surface area (Å²) in [5.74, 6) is 1.50. The van der Waals surface area contributed by atoms with Crippen molar-refractivity contribution in [2.24, 2.45) is 0 Å². The van der Waals surface area contributed by atoms with Crippen LogP contribution >= 0.6 is 11.3 Å². The van der Waals surface area contributed by atoms with E-state index in [0.29, 0.717) is 53.4 Å². The van der Waals surface area contributed by atoms with Crippen LogP contribution in [0.1, 0.15) is 103 Å². The molecule has 0 unspecified atom stereocenters. The fraction of sp³-hybridized carbons (Fsp3) is 0.543. The number of ether oxygens (including phenoxy) is 2. The predicted octanol–water partition coefficient (Wildman–Crippen LogP) is 5.02. The van der Waals surface area contributed by atoms with E-state index in [4.69, 9.17) is 29.7 Å². The van der Waals surface area contributed by atoms with Crippen molar-refractivity contribution < 1.29 is 18.8 Å². The number of aromatic nitrogens is 5. The van der Waals surface area contributed by atoms with E-state index in [-0.39, 0.29) is 29.7 Å². The summed E-state index contributed by atoms with van der Waals surface area (Å²) in [7, 11) is 2.12. The van der Waals surface area contributed by atoms with Gasteiger partial charge in [-0.2, -0.15) is 15.3 Å². The first-order valence-electron chi connectivity index (χ1n) is 17.2. The molecular weight excluding hydrogens is 643 g/mol. The highest BCUT2D eigenvalue weighted by Crippen LogP contribution is 2.47. The number of nitrogens with two attached hydrogens (primary N) is 1. The molecule has 2 fully saturated rings. The molecule has 49 heavy (non-hydrogen) atoms. The van der Waals surface area contributed by atoms with Crippen LogP contribution in [0, 0.1) is 11.3 Å². The number of unbranched alkanes of at least 4 members (excludes halogenated alkanes) is 1. The Bertz CT molecular complexity index is 1890. The number of nitrogens with one attached hydrogen (secondary N) is 1. The third kappa shape index (κ3) is 6.42. The second-order valence-electron chi connectivity index (χ2n) is 13.8. The summed E-state index contributed by atoms with van der Waals surface area (Å²) in [5.41, 5.74) is 9.14. The summed E-state index contributed by atoms with van der Waals surface area (Å²) in [6, 6.07) is 6.01. The first-order chi connectivity index (χ1) is 23.7. The van der Waals surface area contributed by atoms with Crippen molar-refractivity contribution in [2.45, 2.75) is 95.7 Å². The fourth-order valence-electron chi connectivity index (χ4n) is 7.31. The zero-order chi connectivity index (χ0) is 34.3. The van der Waals surface area contributed by atoms with Crippen molar-refractivity contribution in [2.75, 3.05) is 32.5 Å². The third-order valence-electron chi connectivity index (χ3n) is 9.96. The van der Waals surface area contributed by atoms with Crippen LogP contribution in [0.5, 0.6) is 5.88 Å². The first kappa shape index (κ1) is 33.2. The molecule has 1 amide bonds. The Hall–Kier alpha value is -4.32. The minimum atomic E-state index is -0.408. The van der Waals surface area contributed by atoms with Crippen LogP contribution in [-0.4, -0.2) is 80.2 Å². The smallest absolute Gasteiger partial charge is 0.272 e. The number of fused-ring (bicyclic) bond motifs is 1. The molecule has 0 saturated carbocycles. The summed E-state index contributed by atoms with van der Waals surface area (Å²) in [4.78, 5) is 26.3. The number of carbonyl (C=O) groups excluding carboxylic acids is 1. The molecule has 0 aromatic carbocycles. The molecule has 0 spiro atoms. The number of thiophene rings is 1. The number of hydrogen-bond donors (Lipinski definition) is 2. The van der Waals surface area contributed by atoms with E-state index < -0.39 is 5.54 Å². The molecule has 0 bridgehead atoms. The standard InChI is InChI=1S/C35H43N9O4S/c1-5-6-9-22-30(42-48-31(22)21-10-7-12-26-29(21)23(17-36)32(37)49-26)33-38-27(16-28(39-33)47-20(2)25-11-8-14-43(25)4)44-15-13-24(41-44)34(45)40-35(3)18-46-19-35/h13,15-16,20-21,25H,5-12,14,18-19,37H2,1-4H3,(H,40,45)/t20-,21-,25-/m0/s1. The molecule has 3 N–H and O–H groups in total. The minimum Gasteiger partial charge on any atom is -0.473 e. The summed E-state index contributed by atoms with van der Waals surface area (Å²) in [5, 5.41) is 22.8. The number of hydrogen-bond acceptors (Lipinski definition) is 12. The number of amides is 1.